The molecule has 7 heteroatoms. The third kappa shape index (κ3) is 16.4. The van der Waals surface area contributed by atoms with Gasteiger partial charge < -0.3 is 19.3 Å². The Labute approximate surface area is 271 Å². The molecule has 2 aromatic rings. The van der Waals surface area contributed by atoms with E-state index in [0.29, 0.717) is 42.1 Å². The normalized spacial score (nSPS) is 10.4. The molecule has 0 aliphatic heterocycles. The van der Waals surface area contributed by atoms with Crippen LogP contribution in [0.4, 0.5) is 0 Å². The number of ether oxygens (including phenoxy) is 3. The van der Waals surface area contributed by atoms with Crippen molar-refractivity contribution >= 4 is 17.9 Å². The molecule has 2 rings (SSSR count). The molecule has 0 amide bonds. The van der Waals surface area contributed by atoms with Gasteiger partial charge in [0.05, 0.1) is 24.3 Å². The lowest BCUT2D eigenvalue weighted by atomic mass is 10.0. The molecule has 0 aliphatic carbocycles. The molecule has 2 aromatic carbocycles. The zero-order valence-electron chi connectivity index (χ0n) is 28.2. The van der Waals surface area contributed by atoms with E-state index in [2.05, 4.69) is 20.4 Å². The van der Waals surface area contributed by atoms with Crippen LogP contribution in [0.1, 0.15) is 137 Å². The molecular weight excluding hydrogens is 568 g/mol. The van der Waals surface area contributed by atoms with E-state index in [-0.39, 0.29) is 6.61 Å². The van der Waals surface area contributed by atoms with Gasteiger partial charge in [0.15, 0.2) is 0 Å². The Hall–Kier alpha value is -3.45. The summed E-state index contributed by atoms with van der Waals surface area (Å²) in [5.74, 6) is -0.742. The largest absolute Gasteiger partial charge is 0.462 e. The van der Waals surface area contributed by atoms with Crippen LogP contribution in [0.15, 0.2) is 54.6 Å². The van der Waals surface area contributed by atoms with E-state index in [1.54, 1.807) is 37.3 Å². The van der Waals surface area contributed by atoms with Gasteiger partial charge in [-0.15, -0.1) is 0 Å². The lowest BCUT2D eigenvalue weighted by Gasteiger charge is -2.12. The first-order valence-corrected chi connectivity index (χ1v) is 16.8. The highest BCUT2D eigenvalue weighted by Crippen LogP contribution is 2.24. The van der Waals surface area contributed by atoms with Gasteiger partial charge in [-0.25, -0.2) is 14.4 Å². The maximum Gasteiger partial charge on any atom is 0.339 e. The van der Waals surface area contributed by atoms with Gasteiger partial charge in [0, 0.05) is 12.2 Å². The lowest BCUT2D eigenvalue weighted by Crippen LogP contribution is -2.15. The molecule has 0 radical (unpaired) electrons. The number of aliphatic hydroxyl groups excluding tert-OH is 1. The number of esters is 3. The number of carbonyl (C=O) groups excluding carboxylic acids is 3. The summed E-state index contributed by atoms with van der Waals surface area (Å²) in [6.45, 7) is 12.4. The standard InChI is InChI=1S/C24H38O4.C14H18O3/c1-3-5-7-9-11-15-19-27-23(25)21-17-13-14-18-22(21)24(26)28-20-16-12-10-8-6-4-2;1-4-12-11(8-9-15)6-5-7-13(12)17-14(16)10(2)3/h13-14,17-18H,3-12,15-16,19-20H2,1-2H3;5-7,15H,2,4,8-9H2,1,3H3. The van der Waals surface area contributed by atoms with Gasteiger partial charge in [-0.3, -0.25) is 0 Å². The summed E-state index contributed by atoms with van der Waals surface area (Å²) in [6.07, 6.45) is 15.0. The molecule has 0 fully saturated rings. The maximum absolute atomic E-state index is 12.4. The van der Waals surface area contributed by atoms with Gasteiger partial charge in [0.25, 0.3) is 0 Å². The summed E-state index contributed by atoms with van der Waals surface area (Å²) in [6, 6.07) is 12.3. The number of unbranched alkanes of at least 4 members (excludes halogenated alkanes) is 10. The van der Waals surface area contributed by atoms with E-state index >= 15 is 0 Å². The molecule has 0 aliphatic rings. The van der Waals surface area contributed by atoms with Crippen molar-refractivity contribution in [2.45, 2.75) is 118 Å². The Bertz CT molecular complexity index is 1110. The highest BCUT2D eigenvalue weighted by molar-refractivity contribution is 6.03. The van der Waals surface area contributed by atoms with Crippen molar-refractivity contribution < 1.29 is 33.7 Å². The predicted octanol–water partition coefficient (Wildman–Crippen LogP) is 8.99. The van der Waals surface area contributed by atoms with E-state index in [4.69, 9.17) is 19.3 Å². The predicted molar refractivity (Wildman–Crippen MR) is 181 cm³/mol. The molecule has 0 saturated carbocycles. The van der Waals surface area contributed by atoms with Crippen molar-refractivity contribution in [3.63, 3.8) is 0 Å². The molecule has 45 heavy (non-hydrogen) atoms. The van der Waals surface area contributed by atoms with Gasteiger partial charge in [0.2, 0.25) is 0 Å². The fourth-order valence-electron chi connectivity index (χ4n) is 4.74. The van der Waals surface area contributed by atoms with Crippen molar-refractivity contribution in [2.75, 3.05) is 19.8 Å². The van der Waals surface area contributed by atoms with Crippen LogP contribution in [-0.4, -0.2) is 42.8 Å². The quantitative estimate of drug-likeness (QED) is 0.0640. The molecule has 250 valence electrons. The van der Waals surface area contributed by atoms with E-state index in [1.165, 1.54) is 51.4 Å². The second-order valence-corrected chi connectivity index (χ2v) is 11.2. The third-order valence-corrected chi connectivity index (χ3v) is 7.34. The maximum atomic E-state index is 12.4. The van der Waals surface area contributed by atoms with Crippen LogP contribution in [0.25, 0.3) is 0 Å². The Balaban J connectivity index is 0.000000507. The lowest BCUT2D eigenvalue weighted by molar-refractivity contribution is -0.130. The molecular formula is C38H56O7. The van der Waals surface area contributed by atoms with Crippen molar-refractivity contribution in [3.8, 4) is 5.75 Å². The fraction of sp³-hybridized carbons (Fsp3) is 0.553. The van der Waals surface area contributed by atoms with Gasteiger partial charge in [-0.1, -0.05) is 116 Å². The summed E-state index contributed by atoms with van der Waals surface area (Å²) >= 11 is 0. The molecule has 1 N–H and O–H groups in total. The SMILES string of the molecule is C=C(C)C(=O)Oc1cccc(CCO)c1CC.CCCCCCCCOC(=O)c1ccccc1C(=O)OCCCCCCCC. The second-order valence-electron chi connectivity index (χ2n) is 11.2. The van der Waals surface area contributed by atoms with Crippen LogP contribution >= 0.6 is 0 Å². The van der Waals surface area contributed by atoms with Crippen LogP contribution in [-0.2, 0) is 27.1 Å². The molecule has 0 bridgehead atoms. The van der Waals surface area contributed by atoms with E-state index < -0.39 is 17.9 Å². The smallest absolute Gasteiger partial charge is 0.339 e. The molecule has 0 saturated heterocycles. The van der Waals surface area contributed by atoms with Gasteiger partial charge in [0.1, 0.15) is 5.75 Å². The van der Waals surface area contributed by atoms with E-state index in [0.717, 1.165) is 43.2 Å². The Kier molecular flexibility index (Phi) is 21.8. The van der Waals surface area contributed by atoms with Crippen molar-refractivity contribution in [3.05, 3.63) is 76.9 Å². The van der Waals surface area contributed by atoms with Crippen molar-refractivity contribution in [1.82, 2.24) is 0 Å². The number of benzene rings is 2. The number of aliphatic hydroxyl groups is 1. The topological polar surface area (TPSA) is 99.1 Å². The van der Waals surface area contributed by atoms with Gasteiger partial charge >= 0.3 is 17.9 Å². The highest BCUT2D eigenvalue weighted by atomic mass is 16.5. The van der Waals surface area contributed by atoms with Crippen LogP contribution in [0, 0.1) is 0 Å². The zero-order valence-corrected chi connectivity index (χ0v) is 28.2. The van der Waals surface area contributed by atoms with Crippen molar-refractivity contribution in [2.24, 2.45) is 0 Å². The first-order valence-electron chi connectivity index (χ1n) is 16.8. The minimum absolute atomic E-state index is 0.0882. The average Bonchev–Trinajstić information content (AvgIpc) is 3.04. The zero-order chi connectivity index (χ0) is 33.3. The van der Waals surface area contributed by atoms with E-state index in [9.17, 15) is 14.4 Å². The number of hydrogen-bond donors (Lipinski definition) is 1. The average molecular weight is 625 g/mol. The Morgan fingerprint density at radius 1 is 0.689 bits per heavy atom. The molecule has 0 unspecified atom stereocenters. The van der Waals surface area contributed by atoms with Crippen LogP contribution < -0.4 is 4.74 Å². The molecule has 0 atom stereocenters. The minimum atomic E-state index is -0.444. The van der Waals surface area contributed by atoms with Crippen LogP contribution in [0.2, 0.25) is 0 Å². The third-order valence-electron chi connectivity index (χ3n) is 7.34. The fourth-order valence-corrected chi connectivity index (χ4v) is 4.74. The van der Waals surface area contributed by atoms with Gasteiger partial charge in [-0.05, 0) is 61.9 Å². The summed E-state index contributed by atoms with van der Waals surface area (Å²) in [4.78, 5) is 36.2. The second kappa shape index (κ2) is 24.8. The highest BCUT2D eigenvalue weighted by Gasteiger charge is 2.19. The number of carbonyl (C=O) groups is 3. The Morgan fingerprint density at radius 2 is 1.18 bits per heavy atom. The summed E-state index contributed by atoms with van der Waals surface area (Å²) in [5.41, 5.74) is 2.95. The monoisotopic (exact) mass is 624 g/mol. The first-order chi connectivity index (χ1) is 21.8. The molecule has 0 aromatic heterocycles. The van der Waals surface area contributed by atoms with E-state index in [1.807, 2.05) is 19.1 Å². The molecule has 7 nitrogen and oxygen atoms in total. The molecule has 0 spiro atoms. The van der Waals surface area contributed by atoms with Gasteiger partial charge in [-0.2, -0.15) is 0 Å². The minimum Gasteiger partial charge on any atom is -0.462 e. The number of rotatable bonds is 21. The summed E-state index contributed by atoms with van der Waals surface area (Å²) < 4.78 is 16.0. The first kappa shape index (κ1) is 39.6. The Morgan fingerprint density at radius 3 is 1.62 bits per heavy atom. The number of hydrogen-bond acceptors (Lipinski definition) is 7. The van der Waals surface area contributed by atoms with Crippen LogP contribution in [0.5, 0.6) is 5.75 Å². The summed E-state index contributed by atoms with van der Waals surface area (Å²) in [7, 11) is 0. The summed E-state index contributed by atoms with van der Waals surface area (Å²) in [5, 5.41) is 8.98. The molecule has 0 heterocycles. The van der Waals surface area contributed by atoms with Crippen LogP contribution in [0.3, 0.4) is 0 Å². The van der Waals surface area contributed by atoms with Crippen molar-refractivity contribution in [1.29, 1.82) is 0 Å².